The third-order valence-electron chi connectivity index (χ3n) is 3.06. The van der Waals surface area contributed by atoms with E-state index in [1.165, 1.54) is 12.4 Å². The van der Waals surface area contributed by atoms with Crippen LogP contribution in [0.2, 0.25) is 0 Å². The molecule has 8 heteroatoms. The van der Waals surface area contributed by atoms with Crippen molar-refractivity contribution in [3.8, 4) is 0 Å². The minimum absolute atomic E-state index is 0.0581. The van der Waals surface area contributed by atoms with E-state index in [1.54, 1.807) is 0 Å². The van der Waals surface area contributed by atoms with E-state index in [9.17, 15) is 19.2 Å². The molecule has 1 N–H and O–H groups in total. The lowest BCUT2D eigenvalue weighted by atomic mass is 10.0. The molecule has 0 bridgehead atoms. The Labute approximate surface area is 106 Å². The Bertz CT molecular complexity index is 592. The van der Waals surface area contributed by atoms with Gasteiger partial charge in [0.05, 0.1) is 0 Å². The van der Waals surface area contributed by atoms with Gasteiger partial charge >= 0.3 is 0 Å². The van der Waals surface area contributed by atoms with E-state index in [2.05, 4.69) is 15.3 Å². The molecule has 8 nitrogen and oxygen atoms in total. The minimum Gasteiger partial charge on any atom is -0.295 e. The molecule has 19 heavy (non-hydrogen) atoms. The van der Waals surface area contributed by atoms with Crippen LogP contribution in [-0.2, 0) is 9.59 Å². The van der Waals surface area contributed by atoms with Gasteiger partial charge in [0, 0.05) is 18.8 Å². The van der Waals surface area contributed by atoms with Crippen molar-refractivity contribution in [2.24, 2.45) is 0 Å². The predicted molar refractivity (Wildman–Crippen MR) is 58.7 cm³/mol. The summed E-state index contributed by atoms with van der Waals surface area (Å²) in [7, 11) is 0. The van der Waals surface area contributed by atoms with Crippen molar-refractivity contribution >= 4 is 23.6 Å². The second kappa shape index (κ2) is 3.94. The SMILES string of the molecule is O=C1CCC(N2C(=O)c3nccnc3C2=O)C(=O)N1. The van der Waals surface area contributed by atoms with Gasteiger partial charge in [-0.1, -0.05) is 0 Å². The van der Waals surface area contributed by atoms with Gasteiger partial charge < -0.3 is 0 Å². The van der Waals surface area contributed by atoms with Crippen molar-refractivity contribution in [1.29, 1.82) is 0 Å². The highest BCUT2D eigenvalue weighted by Crippen LogP contribution is 2.24. The normalized spacial score (nSPS) is 22.5. The Morgan fingerprint density at radius 1 is 1.05 bits per heavy atom. The summed E-state index contributed by atoms with van der Waals surface area (Å²) in [5.74, 6) is -2.36. The van der Waals surface area contributed by atoms with E-state index >= 15 is 0 Å². The highest BCUT2D eigenvalue weighted by atomic mass is 16.2. The van der Waals surface area contributed by atoms with Crippen molar-refractivity contribution in [3.05, 3.63) is 23.8 Å². The van der Waals surface area contributed by atoms with Gasteiger partial charge in [-0.3, -0.25) is 29.4 Å². The van der Waals surface area contributed by atoms with Gasteiger partial charge in [-0.2, -0.15) is 0 Å². The summed E-state index contributed by atoms with van der Waals surface area (Å²) in [5.41, 5.74) is -0.116. The van der Waals surface area contributed by atoms with Crippen LogP contribution in [0.3, 0.4) is 0 Å². The van der Waals surface area contributed by atoms with Gasteiger partial charge in [-0.05, 0) is 6.42 Å². The van der Waals surface area contributed by atoms with Crippen LogP contribution in [0.4, 0.5) is 0 Å². The van der Waals surface area contributed by atoms with E-state index in [0.29, 0.717) is 0 Å². The van der Waals surface area contributed by atoms with E-state index in [0.717, 1.165) is 4.90 Å². The molecule has 1 saturated heterocycles. The molecule has 1 atom stereocenters. The molecule has 0 radical (unpaired) electrons. The Morgan fingerprint density at radius 2 is 1.63 bits per heavy atom. The molecule has 1 aromatic heterocycles. The second-order valence-corrected chi connectivity index (χ2v) is 4.20. The molecule has 2 aliphatic heterocycles. The van der Waals surface area contributed by atoms with Gasteiger partial charge in [0.25, 0.3) is 11.8 Å². The number of amides is 4. The summed E-state index contributed by atoms with van der Waals surface area (Å²) >= 11 is 0. The zero-order chi connectivity index (χ0) is 13.6. The molecule has 3 heterocycles. The lowest BCUT2D eigenvalue weighted by Gasteiger charge is -2.27. The molecular formula is C11H8N4O4. The van der Waals surface area contributed by atoms with Crippen molar-refractivity contribution in [2.75, 3.05) is 0 Å². The molecule has 0 spiro atoms. The van der Waals surface area contributed by atoms with E-state index in [1.807, 2.05) is 0 Å². The second-order valence-electron chi connectivity index (χ2n) is 4.20. The van der Waals surface area contributed by atoms with Crippen LogP contribution in [0.5, 0.6) is 0 Å². The molecule has 1 unspecified atom stereocenters. The first-order valence-electron chi connectivity index (χ1n) is 5.62. The molecule has 2 aliphatic rings. The first-order valence-corrected chi connectivity index (χ1v) is 5.62. The molecule has 4 amide bonds. The number of nitrogens with zero attached hydrogens (tertiary/aromatic N) is 3. The average Bonchev–Trinajstić information content (AvgIpc) is 2.64. The van der Waals surface area contributed by atoms with Gasteiger partial charge in [0.1, 0.15) is 6.04 Å². The van der Waals surface area contributed by atoms with Crippen molar-refractivity contribution in [3.63, 3.8) is 0 Å². The molecule has 0 aromatic carbocycles. The number of fused-ring (bicyclic) bond motifs is 1. The summed E-state index contributed by atoms with van der Waals surface area (Å²) < 4.78 is 0. The summed E-state index contributed by atoms with van der Waals surface area (Å²) in [6.07, 6.45) is 2.82. The van der Waals surface area contributed by atoms with Crippen LogP contribution < -0.4 is 5.32 Å². The topological polar surface area (TPSA) is 109 Å². The molecule has 3 rings (SSSR count). The lowest BCUT2D eigenvalue weighted by molar-refractivity contribution is -0.136. The van der Waals surface area contributed by atoms with Crippen LogP contribution in [0.1, 0.15) is 33.8 Å². The maximum Gasteiger partial charge on any atom is 0.282 e. The summed E-state index contributed by atoms with van der Waals surface area (Å²) in [5, 5.41) is 2.11. The monoisotopic (exact) mass is 260 g/mol. The molecule has 1 aromatic rings. The standard InChI is InChI=1S/C11H8N4O4/c16-6-2-1-5(9(17)14-6)15-10(18)7-8(11(15)19)13-4-3-12-7/h3-5H,1-2H2,(H,14,16,17). The van der Waals surface area contributed by atoms with E-state index in [4.69, 9.17) is 0 Å². The number of nitrogens with one attached hydrogen (secondary N) is 1. The van der Waals surface area contributed by atoms with E-state index < -0.39 is 29.7 Å². The van der Waals surface area contributed by atoms with Gasteiger partial charge in [0.2, 0.25) is 11.8 Å². The van der Waals surface area contributed by atoms with Crippen molar-refractivity contribution in [1.82, 2.24) is 20.2 Å². The highest BCUT2D eigenvalue weighted by molar-refractivity contribution is 6.21. The van der Waals surface area contributed by atoms with Crippen LogP contribution in [0.25, 0.3) is 0 Å². The molecule has 1 fully saturated rings. The number of hydrogen-bond donors (Lipinski definition) is 1. The predicted octanol–water partition coefficient (Wildman–Crippen LogP) is -1.12. The number of piperidine rings is 1. The lowest BCUT2D eigenvalue weighted by Crippen LogP contribution is -2.54. The molecule has 0 aliphatic carbocycles. The zero-order valence-electron chi connectivity index (χ0n) is 9.62. The average molecular weight is 260 g/mol. The molecule has 96 valence electrons. The zero-order valence-corrected chi connectivity index (χ0v) is 9.62. The number of hydrogen-bond acceptors (Lipinski definition) is 6. The maximum atomic E-state index is 12.1. The largest absolute Gasteiger partial charge is 0.295 e. The quantitative estimate of drug-likeness (QED) is 0.640. The smallest absolute Gasteiger partial charge is 0.282 e. The number of rotatable bonds is 1. The molecular weight excluding hydrogens is 252 g/mol. The van der Waals surface area contributed by atoms with Crippen LogP contribution in [0, 0.1) is 0 Å². The fourth-order valence-corrected chi connectivity index (χ4v) is 2.18. The summed E-state index contributed by atoms with van der Waals surface area (Å²) in [4.78, 5) is 55.4. The molecule has 0 saturated carbocycles. The van der Waals surface area contributed by atoms with Crippen LogP contribution in [0.15, 0.2) is 12.4 Å². The van der Waals surface area contributed by atoms with Crippen molar-refractivity contribution in [2.45, 2.75) is 18.9 Å². The first kappa shape index (κ1) is 11.5. The summed E-state index contributed by atoms with van der Waals surface area (Å²) in [6, 6.07) is -0.978. The first-order chi connectivity index (χ1) is 9.09. The Kier molecular flexibility index (Phi) is 2.37. The summed E-state index contributed by atoms with van der Waals surface area (Å²) in [6.45, 7) is 0. The van der Waals surface area contributed by atoms with Gasteiger partial charge in [-0.15, -0.1) is 0 Å². The Balaban J connectivity index is 1.96. The number of imide groups is 2. The maximum absolute atomic E-state index is 12.1. The Morgan fingerprint density at radius 3 is 2.16 bits per heavy atom. The van der Waals surface area contributed by atoms with Gasteiger partial charge in [0.15, 0.2) is 11.4 Å². The number of carbonyl (C=O) groups is 4. The fourth-order valence-electron chi connectivity index (χ4n) is 2.18. The van der Waals surface area contributed by atoms with Crippen LogP contribution >= 0.6 is 0 Å². The number of aromatic nitrogens is 2. The number of carbonyl (C=O) groups excluding carboxylic acids is 4. The fraction of sp³-hybridized carbons (Fsp3) is 0.273. The van der Waals surface area contributed by atoms with Gasteiger partial charge in [-0.25, -0.2) is 9.97 Å². The van der Waals surface area contributed by atoms with Crippen LogP contribution in [-0.4, -0.2) is 44.5 Å². The van der Waals surface area contributed by atoms with E-state index in [-0.39, 0.29) is 24.2 Å². The third kappa shape index (κ3) is 1.60. The highest BCUT2D eigenvalue weighted by Gasteiger charge is 2.46. The van der Waals surface area contributed by atoms with Crippen molar-refractivity contribution < 1.29 is 19.2 Å². The Hall–Kier alpha value is -2.64. The third-order valence-corrected chi connectivity index (χ3v) is 3.06. The minimum atomic E-state index is -0.978.